The second-order valence-corrected chi connectivity index (χ2v) is 6.41. The van der Waals surface area contributed by atoms with Crippen LogP contribution in [0.15, 0.2) is 57.8 Å². The molecule has 0 radical (unpaired) electrons. The average Bonchev–Trinajstić information content (AvgIpc) is 2.94. The zero-order valence-corrected chi connectivity index (χ0v) is 12.0. The largest absolute Gasteiger partial charge is 0.276 e. The molecular weight excluding hydrogens is 280 g/mol. The number of thiophene rings is 1. The van der Waals surface area contributed by atoms with Crippen molar-refractivity contribution in [3.63, 3.8) is 0 Å². The molecule has 0 saturated carbocycles. The highest BCUT2D eigenvalue weighted by Gasteiger charge is 2.12. The Bertz CT molecular complexity index is 647. The lowest BCUT2D eigenvalue weighted by atomic mass is 10.2. The number of hydrogen-bond acceptors (Lipinski definition) is 4. The quantitative estimate of drug-likeness (QED) is 0.681. The predicted octanol–water partition coefficient (Wildman–Crippen LogP) is 2.84. The van der Waals surface area contributed by atoms with Crippen molar-refractivity contribution < 1.29 is 8.42 Å². The first-order valence-corrected chi connectivity index (χ1v) is 8.17. The first-order valence-electron chi connectivity index (χ1n) is 5.81. The van der Waals surface area contributed by atoms with Gasteiger partial charge in [0.2, 0.25) is 0 Å². The summed E-state index contributed by atoms with van der Waals surface area (Å²) in [5.41, 5.74) is 0.731. The van der Waals surface area contributed by atoms with Crippen molar-refractivity contribution in [1.82, 2.24) is 4.83 Å². The minimum atomic E-state index is -3.59. The molecule has 19 heavy (non-hydrogen) atoms. The van der Waals surface area contributed by atoms with Crippen LogP contribution in [0.3, 0.4) is 0 Å². The Labute approximate surface area is 116 Å². The fourth-order valence-electron chi connectivity index (χ4n) is 1.52. The molecule has 0 saturated heterocycles. The van der Waals surface area contributed by atoms with Crippen molar-refractivity contribution in [3.8, 4) is 0 Å². The minimum absolute atomic E-state index is 0.209. The summed E-state index contributed by atoms with van der Waals surface area (Å²) in [5, 5.41) is 5.96. The number of hydrogen-bond donors (Lipinski definition) is 1. The van der Waals surface area contributed by atoms with Crippen LogP contribution in [0.5, 0.6) is 0 Å². The van der Waals surface area contributed by atoms with Crippen molar-refractivity contribution >= 4 is 27.1 Å². The maximum absolute atomic E-state index is 12.0. The second-order valence-electron chi connectivity index (χ2n) is 3.80. The van der Waals surface area contributed by atoms with E-state index >= 15 is 0 Å². The smallest absolute Gasteiger partial charge is 0.200 e. The van der Waals surface area contributed by atoms with Crippen LogP contribution in [-0.4, -0.2) is 14.1 Å². The number of benzene rings is 1. The van der Waals surface area contributed by atoms with Crippen molar-refractivity contribution in [2.75, 3.05) is 0 Å². The Kier molecular flexibility index (Phi) is 4.34. The van der Waals surface area contributed by atoms with Gasteiger partial charge in [-0.15, -0.1) is 11.3 Å². The van der Waals surface area contributed by atoms with Gasteiger partial charge in [0.25, 0.3) is 10.0 Å². The number of sulfonamides is 1. The molecule has 0 atom stereocenters. The zero-order chi connectivity index (χ0) is 13.7. The topological polar surface area (TPSA) is 58.5 Å². The first-order chi connectivity index (χ1) is 9.13. The van der Waals surface area contributed by atoms with Crippen molar-refractivity contribution in [2.24, 2.45) is 5.10 Å². The molecule has 4 nitrogen and oxygen atoms in total. The van der Waals surface area contributed by atoms with Crippen LogP contribution < -0.4 is 4.83 Å². The lowest BCUT2D eigenvalue weighted by Crippen LogP contribution is -2.20. The number of nitrogens with zero attached hydrogens (tertiary/aromatic N) is 1. The number of rotatable bonds is 5. The highest BCUT2D eigenvalue weighted by molar-refractivity contribution is 7.89. The number of nitrogens with one attached hydrogen (secondary N) is 1. The summed E-state index contributed by atoms with van der Waals surface area (Å²) in [4.78, 5) is 3.46. The van der Waals surface area contributed by atoms with Crippen LogP contribution in [0.25, 0.3) is 0 Å². The molecular formula is C13H14N2O2S2. The molecule has 6 heteroatoms. The van der Waals surface area contributed by atoms with Gasteiger partial charge in [-0.1, -0.05) is 31.2 Å². The molecule has 0 aliphatic carbocycles. The highest BCUT2D eigenvalue weighted by atomic mass is 32.2. The van der Waals surface area contributed by atoms with E-state index in [1.165, 1.54) is 23.5 Å². The van der Waals surface area contributed by atoms with Crippen LogP contribution in [0.4, 0.5) is 0 Å². The normalized spacial score (nSPS) is 12.4. The Morgan fingerprint density at radius 2 is 1.95 bits per heavy atom. The van der Waals surface area contributed by atoms with E-state index < -0.39 is 10.0 Å². The SMILES string of the molecule is CCC(=NNS(=O)(=O)c1ccccc1)c1cccs1. The van der Waals surface area contributed by atoms with Gasteiger partial charge >= 0.3 is 0 Å². The zero-order valence-electron chi connectivity index (χ0n) is 10.4. The summed E-state index contributed by atoms with van der Waals surface area (Å²) < 4.78 is 24.0. The molecule has 1 aromatic carbocycles. The molecule has 2 aromatic rings. The maximum atomic E-state index is 12.0. The lowest BCUT2D eigenvalue weighted by Gasteiger charge is -2.05. The fraction of sp³-hybridized carbons (Fsp3) is 0.154. The summed E-state index contributed by atoms with van der Waals surface area (Å²) in [5.74, 6) is 0. The van der Waals surface area contributed by atoms with Gasteiger partial charge in [0.15, 0.2) is 0 Å². The van der Waals surface area contributed by atoms with Gasteiger partial charge in [0, 0.05) is 0 Å². The fourth-order valence-corrected chi connectivity index (χ4v) is 3.16. The predicted molar refractivity (Wildman–Crippen MR) is 77.9 cm³/mol. The summed E-state index contributed by atoms with van der Waals surface area (Å²) in [6, 6.07) is 12.0. The molecule has 0 unspecified atom stereocenters. The van der Waals surface area contributed by atoms with Gasteiger partial charge in [-0.25, -0.2) is 0 Å². The van der Waals surface area contributed by atoms with E-state index in [-0.39, 0.29) is 4.90 Å². The van der Waals surface area contributed by atoms with Crippen LogP contribution in [0, 0.1) is 0 Å². The molecule has 0 bridgehead atoms. The van der Waals surface area contributed by atoms with Gasteiger partial charge in [0.1, 0.15) is 0 Å². The van der Waals surface area contributed by atoms with E-state index in [2.05, 4.69) is 9.93 Å². The van der Waals surface area contributed by atoms with Gasteiger partial charge in [-0.3, -0.25) is 0 Å². The van der Waals surface area contributed by atoms with Gasteiger partial charge < -0.3 is 0 Å². The summed E-state index contributed by atoms with van der Waals surface area (Å²) in [7, 11) is -3.59. The molecule has 100 valence electrons. The van der Waals surface area contributed by atoms with E-state index in [9.17, 15) is 8.42 Å². The lowest BCUT2D eigenvalue weighted by molar-refractivity contribution is 0.584. The summed E-state index contributed by atoms with van der Waals surface area (Å²) in [6.07, 6.45) is 0.665. The molecule has 0 amide bonds. The van der Waals surface area contributed by atoms with E-state index in [1.807, 2.05) is 24.4 Å². The van der Waals surface area contributed by atoms with Crippen LogP contribution in [0.2, 0.25) is 0 Å². The van der Waals surface area contributed by atoms with E-state index in [1.54, 1.807) is 18.2 Å². The monoisotopic (exact) mass is 294 g/mol. The first kappa shape index (κ1) is 13.8. The van der Waals surface area contributed by atoms with E-state index in [4.69, 9.17) is 0 Å². The molecule has 0 spiro atoms. The molecule has 1 N–H and O–H groups in total. The molecule has 1 aromatic heterocycles. The van der Waals surface area contributed by atoms with Crippen molar-refractivity contribution in [3.05, 3.63) is 52.7 Å². The Balaban J connectivity index is 2.22. The van der Waals surface area contributed by atoms with E-state index in [0.29, 0.717) is 6.42 Å². The van der Waals surface area contributed by atoms with E-state index in [0.717, 1.165) is 10.6 Å². The van der Waals surface area contributed by atoms with Crippen LogP contribution in [0.1, 0.15) is 18.2 Å². The highest BCUT2D eigenvalue weighted by Crippen LogP contribution is 2.13. The molecule has 1 heterocycles. The third-order valence-electron chi connectivity index (χ3n) is 2.49. The minimum Gasteiger partial charge on any atom is -0.200 e. The standard InChI is InChI=1S/C13H14N2O2S2/c1-2-12(13-9-6-10-18-13)14-15-19(16,17)11-7-4-3-5-8-11/h3-10,15H,2H2,1H3. The van der Waals surface area contributed by atoms with Crippen molar-refractivity contribution in [2.45, 2.75) is 18.2 Å². The van der Waals surface area contributed by atoms with Crippen LogP contribution in [-0.2, 0) is 10.0 Å². The molecule has 2 rings (SSSR count). The third kappa shape index (κ3) is 3.42. The van der Waals surface area contributed by atoms with Gasteiger partial charge in [-0.2, -0.15) is 18.4 Å². The average molecular weight is 294 g/mol. The van der Waals surface area contributed by atoms with Gasteiger partial charge in [-0.05, 0) is 30.0 Å². The molecule has 0 fully saturated rings. The molecule has 0 aliphatic heterocycles. The van der Waals surface area contributed by atoms with Gasteiger partial charge in [0.05, 0.1) is 15.5 Å². The third-order valence-corrected chi connectivity index (χ3v) is 4.64. The Morgan fingerprint density at radius 3 is 2.53 bits per heavy atom. The Morgan fingerprint density at radius 1 is 1.21 bits per heavy atom. The molecule has 0 aliphatic rings. The number of hydrazone groups is 1. The maximum Gasteiger partial charge on any atom is 0.276 e. The van der Waals surface area contributed by atoms with Crippen molar-refractivity contribution in [1.29, 1.82) is 0 Å². The summed E-state index contributed by atoms with van der Waals surface area (Å²) in [6.45, 7) is 1.94. The van der Waals surface area contributed by atoms with Crippen LogP contribution >= 0.6 is 11.3 Å². The Hall–Kier alpha value is -1.66. The summed E-state index contributed by atoms with van der Waals surface area (Å²) >= 11 is 1.54. The second kappa shape index (κ2) is 5.99.